The monoisotopic (exact) mass is 422 g/mol. The van der Waals surface area contributed by atoms with Gasteiger partial charge in [-0.05, 0) is 55.3 Å². The summed E-state index contributed by atoms with van der Waals surface area (Å²) >= 11 is 0.991. The minimum Gasteiger partial charge on any atom is -0.451 e. The molecule has 0 unspecified atom stereocenters. The summed E-state index contributed by atoms with van der Waals surface area (Å²) in [4.78, 5) is 24.5. The number of benzene rings is 1. The molecule has 0 saturated carbocycles. The molecule has 0 bridgehead atoms. The van der Waals surface area contributed by atoms with Crippen LogP contribution in [-0.2, 0) is 19.6 Å². The first-order valence-electron chi connectivity index (χ1n) is 8.91. The summed E-state index contributed by atoms with van der Waals surface area (Å²) in [7, 11) is -3.73. The molecule has 150 valence electrons. The first kappa shape index (κ1) is 20.5. The molecule has 2 heterocycles. The molecule has 0 spiro atoms. The van der Waals surface area contributed by atoms with Gasteiger partial charge in [-0.25, -0.2) is 13.2 Å². The average molecular weight is 423 g/mol. The second-order valence-electron chi connectivity index (χ2n) is 6.67. The molecule has 0 aliphatic carbocycles. The van der Waals surface area contributed by atoms with Gasteiger partial charge in [0.25, 0.3) is 5.91 Å². The SMILES string of the molecule is Cc1ccc(C)c(NC(=O)COC(=O)c2sccc2S(=O)(=O)N2CCCC2)c1. The lowest BCUT2D eigenvalue weighted by atomic mass is 10.1. The smallest absolute Gasteiger partial charge is 0.350 e. The Morgan fingerprint density at radius 1 is 1.18 bits per heavy atom. The van der Waals surface area contributed by atoms with Gasteiger partial charge in [-0.3, -0.25) is 4.79 Å². The first-order chi connectivity index (χ1) is 13.3. The largest absolute Gasteiger partial charge is 0.451 e. The Hall–Kier alpha value is -2.23. The van der Waals surface area contributed by atoms with Gasteiger partial charge in [0.2, 0.25) is 10.0 Å². The van der Waals surface area contributed by atoms with E-state index in [-0.39, 0.29) is 9.77 Å². The van der Waals surface area contributed by atoms with Gasteiger partial charge in [-0.2, -0.15) is 4.31 Å². The van der Waals surface area contributed by atoms with E-state index >= 15 is 0 Å². The third-order valence-corrected chi connectivity index (χ3v) is 7.46. The number of thiophene rings is 1. The minimum absolute atomic E-state index is 0.00793. The van der Waals surface area contributed by atoms with E-state index in [2.05, 4.69) is 5.32 Å². The summed E-state index contributed by atoms with van der Waals surface area (Å²) in [6, 6.07) is 7.06. The lowest BCUT2D eigenvalue weighted by Gasteiger charge is -2.15. The Kier molecular flexibility index (Phi) is 6.17. The van der Waals surface area contributed by atoms with E-state index in [1.807, 2.05) is 32.0 Å². The summed E-state index contributed by atoms with van der Waals surface area (Å²) in [6.45, 7) is 4.18. The van der Waals surface area contributed by atoms with Crippen molar-refractivity contribution < 1.29 is 22.7 Å². The lowest BCUT2D eigenvalue weighted by molar-refractivity contribution is -0.119. The molecule has 1 aromatic heterocycles. The standard InChI is InChI=1S/C19H22N2O5S2/c1-13-5-6-14(2)15(11-13)20-17(22)12-26-19(23)18-16(7-10-27-18)28(24,25)21-8-3-4-9-21/h5-7,10-11H,3-4,8-9,12H2,1-2H3,(H,20,22). The number of hydrogen-bond donors (Lipinski definition) is 1. The number of hydrogen-bond acceptors (Lipinski definition) is 6. The van der Waals surface area contributed by atoms with Crippen LogP contribution in [0.1, 0.15) is 33.6 Å². The molecule has 28 heavy (non-hydrogen) atoms. The number of sulfonamides is 1. The minimum atomic E-state index is -3.73. The molecule has 1 fully saturated rings. The molecule has 1 saturated heterocycles. The van der Waals surface area contributed by atoms with Crippen molar-refractivity contribution in [3.63, 3.8) is 0 Å². The molecule has 1 aromatic carbocycles. The predicted molar refractivity (Wildman–Crippen MR) is 107 cm³/mol. The van der Waals surface area contributed by atoms with Gasteiger partial charge >= 0.3 is 5.97 Å². The van der Waals surface area contributed by atoms with Crippen LogP contribution in [0.3, 0.4) is 0 Å². The van der Waals surface area contributed by atoms with Crippen molar-refractivity contribution in [1.29, 1.82) is 0 Å². The molecule has 1 amide bonds. The third-order valence-electron chi connectivity index (χ3n) is 4.50. The van der Waals surface area contributed by atoms with Crippen molar-refractivity contribution in [2.75, 3.05) is 25.0 Å². The normalized spacial score (nSPS) is 14.8. The van der Waals surface area contributed by atoms with Crippen LogP contribution >= 0.6 is 11.3 Å². The average Bonchev–Trinajstić information content (AvgIpc) is 3.35. The zero-order chi connectivity index (χ0) is 20.3. The Labute approximate surface area is 168 Å². The number of anilines is 1. The van der Waals surface area contributed by atoms with Crippen LogP contribution in [0.15, 0.2) is 34.5 Å². The van der Waals surface area contributed by atoms with Crippen LogP contribution in [0, 0.1) is 13.8 Å². The number of nitrogens with zero attached hydrogens (tertiary/aromatic N) is 1. The fraction of sp³-hybridized carbons (Fsp3) is 0.368. The molecular weight excluding hydrogens is 400 g/mol. The number of rotatable bonds is 6. The molecule has 1 N–H and O–H groups in total. The first-order valence-corrected chi connectivity index (χ1v) is 11.2. The van der Waals surface area contributed by atoms with Crippen molar-refractivity contribution in [2.45, 2.75) is 31.6 Å². The second-order valence-corrected chi connectivity index (χ2v) is 9.49. The number of carbonyl (C=O) groups excluding carboxylic acids is 2. The van der Waals surface area contributed by atoms with E-state index in [0.717, 1.165) is 35.3 Å². The molecule has 2 aromatic rings. The van der Waals surface area contributed by atoms with Gasteiger partial charge in [0, 0.05) is 18.8 Å². The van der Waals surface area contributed by atoms with Crippen molar-refractivity contribution in [1.82, 2.24) is 4.31 Å². The number of esters is 1. The number of aryl methyl sites for hydroxylation is 2. The second kappa shape index (κ2) is 8.42. The van der Waals surface area contributed by atoms with Crippen LogP contribution in [0.25, 0.3) is 0 Å². The Balaban J connectivity index is 1.65. The quantitative estimate of drug-likeness (QED) is 0.723. The fourth-order valence-corrected chi connectivity index (χ4v) is 5.77. The number of carbonyl (C=O) groups is 2. The van der Waals surface area contributed by atoms with E-state index in [1.165, 1.54) is 15.8 Å². The fourth-order valence-electron chi connectivity index (χ4n) is 2.97. The van der Waals surface area contributed by atoms with Crippen LogP contribution in [0.5, 0.6) is 0 Å². The van der Waals surface area contributed by atoms with Crippen molar-refractivity contribution in [3.8, 4) is 0 Å². The molecule has 9 heteroatoms. The van der Waals surface area contributed by atoms with Crippen LogP contribution in [0.2, 0.25) is 0 Å². The zero-order valence-corrected chi connectivity index (χ0v) is 17.4. The van der Waals surface area contributed by atoms with Gasteiger partial charge in [0.15, 0.2) is 6.61 Å². The van der Waals surface area contributed by atoms with E-state index in [9.17, 15) is 18.0 Å². The molecule has 1 aliphatic rings. The molecular formula is C19H22N2O5S2. The molecule has 3 rings (SSSR count). The maximum Gasteiger partial charge on any atom is 0.350 e. The van der Waals surface area contributed by atoms with Crippen molar-refractivity contribution >= 4 is 38.9 Å². The van der Waals surface area contributed by atoms with Gasteiger partial charge < -0.3 is 10.1 Å². The Morgan fingerprint density at radius 2 is 1.89 bits per heavy atom. The highest BCUT2D eigenvalue weighted by molar-refractivity contribution is 7.89. The third kappa shape index (κ3) is 4.43. The topological polar surface area (TPSA) is 92.8 Å². The van der Waals surface area contributed by atoms with Gasteiger partial charge in [-0.1, -0.05) is 12.1 Å². The van der Waals surface area contributed by atoms with Gasteiger partial charge in [0.1, 0.15) is 9.77 Å². The summed E-state index contributed by atoms with van der Waals surface area (Å²) in [5.41, 5.74) is 2.53. The maximum absolute atomic E-state index is 12.7. The lowest BCUT2D eigenvalue weighted by Crippen LogP contribution is -2.29. The van der Waals surface area contributed by atoms with Gasteiger partial charge in [-0.15, -0.1) is 11.3 Å². The zero-order valence-electron chi connectivity index (χ0n) is 15.7. The van der Waals surface area contributed by atoms with Gasteiger partial charge in [0.05, 0.1) is 0 Å². The molecule has 7 nitrogen and oxygen atoms in total. The van der Waals surface area contributed by atoms with E-state index < -0.39 is 28.5 Å². The Morgan fingerprint density at radius 3 is 2.61 bits per heavy atom. The van der Waals surface area contributed by atoms with E-state index in [1.54, 1.807) is 0 Å². The molecule has 0 atom stereocenters. The summed E-state index contributed by atoms with van der Waals surface area (Å²) in [6.07, 6.45) is 1.61. The summed E-state index contributed by atoms with van der Waals surface area (Å²) in [5.74, 6) is -1.30. The van der Waals surface area contributed by atoms with Crippen LogP contribution in [0.4, 0.5) is 5.69 Å². The van der Waals surface area contributed by atoms with E-state index in [0.29, 0.717) is 18.8 Å². The molecule has 1 aliphatic heterocycles. The van der Waals surface area contributed by atoms with E-state index in [4.69, 9.17) is 4.74 Å². The highest BCUT2D eigenvalue weighted by atomic mass is 32.2. The van der Waals surface area contributed by atoms with Crippen molar-refractivity contribution in [2.24, 2.45) is 0 Å². The predicted octanol–water partition coefficient (Wildman–Crippen LogP) is 2.94. The summed E-state index contributed by atoms with van der Waals surface area (Å²) < 4.78 is 31.9. The molecule has 0 radical (unpaired) electrons. The highest BCUT2D eigenvalue weighted by Crippen LogP contribution is 2.28. The number of amides is 1. The highest BCUT2D eigenvalue weighted by Gasteiger charge is 2.32. The van der Waals surface area contributed by atoms with Crippen molar-refractivity contribution in [3.05, 3.63) is 45.6 Å². The van der Waals surface area contributed by atoms with Crippen LogP contribution < -0.4 is 5.32 Å². The Bertz CT molecular complexity index is 992. The number of ether oxygens (including phenoxy) is 1. The maximum atomic E-state index is 12.7. The summed E-state index contributed by atoms with van der Waals surface area (Å²) in [5, 5.41) is 4.24. The number of nitrogens with one attached hydrogen (secondary N) is 1. The van der Waals surface area contributed by atoms with Crippen LogP contribution in [-0.4, -0.2) is 44.3 Å².